The minimum atomic E-state index is -4.39. The van der Waals surface area contributed by atoms with Gasteiger partial charge < -0.3 is 4.74 Å². The summed E-state index contributed by atoms with van der Waals surface area (Å²) in [5.41, 5.74) is 2.47. The standard InChI is InChI=1S/C24H21F3O2/c1-29-18-10-6-13(7-11-18)19-20-15-2-3-16(12-15)22(20)23(28)21(19)14-4-8-17(9-5-14)24(25,26)27/h4-11,15-16,20,22H,2-3,12H2,1H3. The molecule has 0 aliphatic heterocycles. The topological polar surface area (TPSA) is 26.3 Å². The molecule has 4 atom stereocenters. The number of allylic oxidation sites excluding steroid dienone is 2. The van der Waals surface area contributed by atoms with Crippen molar-refractivity contribution < 1.29 is 22.7 Å². The van der Waals surface area contributed by atoms with E-state index in [1.807, 2.05) is 24.3 Å². The molecule has 2 bridgehead atoms. The fraction of sp³-hybridized carbons (Fsp3) is 0.375. The van der Waals surface area contributed by atoms with Gasteiger partial charge in [-0.2, -0.15) is 13.2 Å². The van der Waals surface area contributed by atoms with Crippen LogP contribution >= 0.6 is 0 Å². The van der Waals surface area contributed by atoms with Crippen LogP contribution in [0.1, 0.15) is 36.0 Å². The zero-order chi connectivity index (χ0) is 20.3. The van der Waals surface area contributed by atoms with E-state index in [4.69, 9.17) is 4.74 Å². The van der Waals surface area contributed by atoms with Gasteiger partial charge in [-0.3, -0.25) is 4.79 Å². The van der Waals surface area contributed by atoms with Gasteiger partial charge in [0.25, 0.3) is 0 Å². The Morgan fingerprint density at radius 1 is 0.862 bits per heavy atom. The van der Waals surface area contributed by atoms with Crippen molar-refractivity contribution in [2.75, 3.05) is 7.11 Å². The quantitative estimate of drug-likeness (QED) is 0.646. The molecule has 5 rings (SSSR count). The molecule has 3 aliphatic carbocycles. The Labute approximate surface area is 167 Å². The van der Waals surface area contributed by atoms with E-state index in [-0.39, 0.29) is 17.6 Å². The first-order chi connectivity index (χ1) is 13.9. The van der Waals surface area contributed by atoms with Crippen LogP contribution in [0.2, 0.25) is 0 Å². The molecule has 0 saturated heterocycles. The second-order valence-corrected chi connectivity index (χ2v) is 8.34. The highest BCUT2D eigenvalue weighted by Crippen LogP contribution is 2.62. The highest BCUT2D eigenvalue weighted by Gasteiger charge is 2.57. The Hall–Kier alpha value is -2.56. The molecule has 2 nitrogen and oxygen atoms in total. The first kappa shape index (κ1) is 18.5. The van der Waals surface area contributed by atoms with Crippen LogP contribution < -0.4 is 4.74 Å². The summed E-state index contributed by atoms with van der Waals surface area (Å²) >= 11 is 0. The third-order valence-corrected chi connectivity index (χ3v) is 6.97. The average Bonchev–Trinajstić information content (AvgIpc) is 3.40. The number of ketones is 1. The first-order valence-corrected chi connectivity index (χ1v) is 9.99. The fourth-order valence-electron chi connectivity index (χ4n) is 5.78. The monoisotopic (exact) mass is 398 g/mol. The molecule has 2 aromatic carbocycles. The Kier molecular flexibility index (Phi) is 4.12. The van der Waals surface area contributed by atoms with E-state index in [2.05, 4.69) is 0 Å². The largest absolute Gasteiger partial charge is 0.497 e. The number of carbonyl (C=O) groups excluding carboxylic acids is 1. The second-order valence-electron chi connectivity index (χ2n) is 8.34. The molecule has 0 radical (unpaired) electrons. The zero-order valence-corrected chi connectivity index (χ0v) is 16.0. The van der Waals surface area contributed by atoms with Gasteiger partial charge in [0.2, 0.25) is 0 Å². The molecule has 150 valence electrons. The fourth-order valence-corrected chi connectivity index (χ4v) is 5.78. The smallest absolute Gasteiger partial charge is 0.416 e. The summed E-state index contributed by atoms with van der Waals surface area (Å²) in [6.07, 6.45) is -1.10. The number of fused-ring (bicyclic) bond motifs is 5. The number of hydrogen-bond acceptors (Lipinski definition) is 2. The summed E-state index contributed by atoms with van der Waals surface area (Å²) in [7, 11) is 1.60. The van der Waals surface area contributed by atoms with Crippen molar-refractivity contribution in [3.05, 3.63) is 65.2 Å². The molecule has 4 unspecified atom stereocenters. The second kappa shape index (κ2) is 6.48. The summed E-state index contributed by atoms with van der Waals surface area (Å²) in [4.78, 5) is 13.5. The Morgan fingerprint density at radius 3 is 2.03 bits per heavy atom. The van der Waals surface area contributed by atoms with E-state index in [0.717, 1.165) is 48.3 Å². The van der Waals surface area contributed by atoms with Crippen LogP contribution in [0, 0.1) is 23.7 Å². The van der Waals surface area contributed by atoms with Crippen molar-refractivity contribution >= 4 is 16.9 Å². The SMILES string of the molecule is COc1ccc(C2=C(c3ccc(C(F)(F)F)cc3)C(=O)C3C4CCC(C4)C23)cc1. The van der Waals surface area contributed by atoms with Crippen LogP contribution in [-0.4, -0.2) is 12.9 Å². The van der Waals surface area contributed by atoms with E-state index in [0.29, 0.717) is 23.0 Å². The number of benzene rings is 2. The molecule has 0 spiro atoms. The van der Waals surface area contributed by atoms with E-state index < -0.39 is 11.7 Å². The maximum Gasteiger partial charge on any atom is 0.416 e. The molecule has 0 amide bonds. The number of halogens is 3. The predicted octanol–water partition coefficient (Wildman–Crippen LogP) is 5.87. The summed E-state index contributed by atoms with van der Waals surface area (Å²) < 4.78 is 44.2. The van der Waals surface area contributed by atoms with Gasteiger partial charge in [-0.15, -0.1) is 0 Å². The van der Waals surface area contributed by atoms with Crippen molar-refractivity contribution in [1.82, 2.24) is 0 Å². The summed E-state index contributed by atoms with van der Waals surface area (Å²) in [5.74, 6) is 1.87. The van der Waals surface area contributed by atoms with Gasteiger partial charge in [0.05, 0.1) is 12.7 Å². The van der Waals surface area contributed by atoms with Gasteiger partial charge in [0.1, 0.15) is 5.75 Å². The lowest BCUT2D eigenvalue weighted by Gasteiger charge is -2.26. The van der Waals surface area contributed by atoms with Gasteiger partial charge in [0, 0.05) is 11.5 Å². The van der Waals surface area contributed by atoms with Gasteiger partial charge in [-0.25, -0.2) is 0 Å². The highest BCUT2D eigenvalue weighted by atomic mass is 19.4. The minimum Gasteiger partial charge on any atom is -0.497 e. The van der Waals surface area contributed by atoms with Gasteiger partial charge in [-0.1, -0.05) is 24.3 Å². The third kappa shape index (κ3) is 2.82. The number of carbonyl (C=O) groups is 1. The Bertz CT molecular complexity index is 986. The maximum absolute atomic E-state index is 13.5. The van der Waals surface area contributed by atoms with Gasteiger partial charge in [-0.05, 0) is 78.0 Å². The third-order valence-electron chi connectivity index (χ3n) is 6.97. The summed E-state index contributed by atoms with van der Waals surface area (Å²) in [5, 5.41) is 0. The van der Waals surface area contributed by atoms with E-state index in [1.165, 1.54) is 12.1 Å². The summed E-state index contributed by atoms with van der Waals surface area (Å²) in [6, 6.07) is 12.7. The Morgan fingerprint density at radius 2 is 1.45 bits per heavy atom. The molecular formula is C24H21F3O2. The molecule has 2 fully saturated rings. The number of rotatable bonds is 3. The number of hydrogen-bond donors (Lipinski definition) is 0. The van der Waals surface area contributed by atoms with E-state index in [9.17, 15) is 18.0 Å². The highest BCUT2D eigenvalue weighted by molar-refractivity contribution is 6.32. The molecule has 3 aliphatic rings. The Balaban J connectivity index is 1.65. The molecule has 2 aromatic rings. The molecule has 5 heteroatoms. The average molecular weight is 398 g/mol. The van der Waals surface area contributed by atoms with Crippen molar-refractivity contribution in [2.24, 2.45) is 23.7 Å². The van der Waals surface area contributed by atoms with Crippen LogP contribution in [-0.2, 0) is 11.0 Å². The zero-order valence-electron chi connectivity index (χ0n) is 16.0. The first-order valence-electron chi connectivity index (χ1n) is 9.99. The predicted molar refractivity (Wildman–Crippen MR) is 104 cm³/mol. The van der Waals surface area contributed by atoms with Crippen molar-refractivity contribution in [1.29, 1.82) is 0 Å². The van der Waals surface area contributed by atoms with Crippen LogP contribution in [0.25, 0.3) is 11.1 Å². The van der Waals surface area contributed by atoms with Crippen molar-refractivity contribution in [3.8, 4) is 5.75 Å². The number of methoxy groups -OCH3 is 1. The maximum atomic E-state index is 13.5. The minimum absolute atomic E-state index is 0.0249. The van der Waals surface area contributed by atoms with Crippen molar-refractivity contribution in [3.63, 3.8) is 0 Å². The summed E-state index contributed by atoms with van der Waals surface area (Å²) in [6.45, 7) is 0. The lowest BCUT2D eigenvalue weighted by Crippen LogP contribution is -2.24. The van der Waals surface area contributed by atoms with E-state index >= 15 is 0 Å². The van der Waals surface area contributed by atoms with Crippen LogP contribution in [0.15, 0.2) is 48.5 Å². The molecule has 0 heterocycles. The number of alkyl halides is 3. The molecule has 2 saturated carbocycles. The van der Waals surface area contributed by atoms with Gasteiger partial charge >= 0.3 is 6.18 Å². The van der Waals surface area contributed by atoms with E-state index in [1.54, 1.807) is 7.11 Å². The van der Waals surface area contributed by atoms with Gasteiger partial charge in [0.15, 0.2) is 5.78 Å². The van der Waals surface area contributed by atoms with Crippen molar-refractivity contribution in [2.45, 2.75) is 25.4 Å². The number of Topliss-reactive ketones (excluding diaryl/α,β-unsaturated/α-hetero) is 1. The van der Waals surface area contributed by atoms with Crippen LogP contribution in [0.3, 0.4) is 0 Å². The molecule has 0 N–H and O–H groups in total. The number of ether oxygens (including phenoxy) is 1. The molecular weight excluding hydrogens is 377 g/mol. The lowest BCUT2D eigenvalue weighted by atomic mass is 9.77. The normalized spacial score (nSPS) is 28.2. The van der Waals surface area contributed by atoms with Crippen LogP contribution in [0.4, 0.5) is 13.2 Å². The molecule has 29 heavy (non-hydrogen) atoms. The molecule has 0 aromatic heterocycles. The lowest BCUT2D eigenvalue weighted by molar-refractivity contribution is -0.137. The van der Waals surface area contributed by atoms with Crippen LogP contribution in [0.5, 0.6) is 5.75 Å².